The van der Waals surface area contributed by atoms with Gasteiger partial charge in [0.05, 0.1) is 17.1 Å². The summed E-state index contributed by atoms with van der Waals surface area (Å²) < 4.78 is 24.9. The predicted octanol–water partition coefficient (Wildman–Crippen LogP) is 0.831. The average Bonchev–Trinajstić information content (AvgIpc) is 2.35. The molecule has 0 amide bonds. The Bertz CT molecular complexity index is 613. The van der Waals surface area contributed by atoms with Gasteiger partial charge in [-0.2, -0.15) is 0 Å². The molecule has 0 heterocycles. The second-order valence-electron chi connectivity index (χ2n) is 4.11. The number of para-hydroxylation sites is 1. The van der Waals surface area contributed by atoms with Crippen LogP contribution in [0.25, 0.3) is 0 Å². The van der Waals surface area contributed by atoms with Crippen molar-refractivity contribution in [3.8, 4) is 0 Å². The minimum absolute atomic E-state index is 0.0691. The van der Waals surface area contributed by atoms with Crippen LogP contribution in [0.2, 0.25) is 0 Å². The lowest BCUT2D eigenvalue weighted by atomic mass is 10.2. The maximum absolute atomic E-state index is 12.0. The molecule has 0 atom stereocenters. The molecule has 0 bridgehead atoms. The van der Waals surface area contributed by atoms with E-state index < -0.39 is 26.7 Å². The summed E-state index contributed by atoms with van der Waals surface area (Å²) in [7, 11) is -2.56. The van der Waals surface area contributed by atoms with Gasteiger partial charge in [0.2, 0.25) is 10.0 Å². The lowest BCUT2D eigenvalue weighted by Crippen LogP contribution is -2.30. The van der Waals surface area contributed by atoms with Crippen LogP contribution >= 0.6 is 0 Å². The fourth-order valence-corrected chi connectivity index (χ4v) is 2.74. The zero-order chi connectivity index (χ0) is 15.3. The summed E-state index contributed by atoms with van der Waals surface area (Å²) in [4.78, 5) is 20.6. The SMILES string of the molecule is CN(CCC(=O)O)S(=O)(=O)Cc1ccccc1[N+](=O)[O-]. The Balaban J connectivity index is 2.91. The van der Waals surface area contributed by atoms with E-state index in [1.54, 1.807) is 0 Å². The topological polar surface area (TPSA) is 118 Å². The lowest BCUT2D eigenvalue weighted by Gasteiger charge is -2.16. The average molecular weight is 302 g/mol. The summed E-state index contributed by atoms with van der Waals surface area (Å²) in [5, 5.41) is 19.3. The molecule has 0 unspecified atom stereocenters. The summed E-state index contributed by atoms with van der Waals surface area (Å²) in [5.74, 6) is -1.65. The third-order valence-corrected chi connectivity index (χ3v) is 4.45. The molecule has 0 spiro atoms. The van der Waals surface area contributed by atoms with E-state index in [0.29, 0.717) is 0 Å². The van der Waals surface area contributed by atoms with Crippen molar-refractivity contribution in [2.75, 3.05) is 13.6 Å². The van der Waals surface area contributed by atoms with Crippen LogP contribution in [0.1, 0.15) is 12.0 Å². The van der Waals surface area contributed by atoms with Crippen molar-refractivity contribution < 1.29 is 23.2 Å². The van der Waals surface area contributed by atoms with Crippen LogP contribution in [-0.4, -0.2) is 42.3 Å². The Morgan fingerprint density at radius 1 is 1.40 bits per heavy atom. The largest absolute Gasteiger partial charge is 0.481 e. The van der Waals surface area contributed by atoms with Gasteiger partial charge < -0.3 is 5.11 Å². The molecule has 0 aromatic heterocycles. The molecular formula is C11H14N2O6S. The van der Waals surface area contributed by atoms with Crippen molar-refractivity contribution in [3.63, 3.8) is 0 Å². The summed E-state index contributed by atoms with van der Waals surface area (Å²) in [5.41, 5.74) is -0.206. The van der Waals surface area contributed by atoms with Gasteiger partial charge in [-0.25, -0.2) is 12.7 Å². The fourth-order valence-electron chi connectivity index (χ4n) is 1.51. The highest BCUT2D eigenvalue weighted by Crippen LogP contribution is 2.21. The van der Waals surface area contributed by atoms with Gasteiger partial charge in [0, 0.05) is 25.2 Å². The van der Waals surface area contributed by atoms with Gasteiger partial charge in [-0.05, 0) is 0 Å². The van der Waals surface area contributed by atoms with E-state index in [4.69, 9.17) is 5.11 Å². The molecule has 1 N–H and O–H groups in total. The van der Waals surface area contributed by atoms with Crippen LogP contribution in [0, 0.1) is 10.1 Å². The molecule has 110 valence electrons. The number of benzene rings is 1. The van der Waals surface area contributed by atoms with E-state index in [-0.39, 0.29) is 24.2 Å². The molecular weight excluding hydrogens is 288 g/mol. The van der Waals surface area contributed by atoms with Crippen LogP contribution in [0.15, 0.2) is 24.3 Å². The van der Waals surface area contributed by atoms with Crippen LogP contribution in [0.4, 0.5) is 5.69 Å². The standard InChI is InChI=1S/C11H14N2O6S/c1-12(7-6-11(14)15)20(18,19)8-9-4-2-3-5-10(9)13(16)17/h2-5H,6-8H2,1H3,(H,14,15). The Labute approximate surface area is 115 Å². The van der Waals surface area contributed by atoms with E-state index in [0.717, 1.165) is 4.31 Å². The first-order valence-electron chi connectivity index (χ1n) is 5.62. The normalized spacial score (nSPS) is 11.5. The van der Waals surface area contributed by atoms with Crippen LogP contribution in [-0.2, 0) is 20.6 Å². The molecule has 1 rings (SSSR count). The number of carboxylic acid groups (broad SMARTS) is 1. The summed E-state index contributed by atoms with van der Waals surface area (Å²) in [6.45, 7) is -0.182. The van der Waals surface area contributed by atoms with Crippen molar-refractivity contribution >= 4 is 21.7 Å². The molecule has 0 saturated heterocycles. The fraction of sp³-hybridized carbons (Fsp3) is 0.364. The van der Waals surface area contributed by atoms with Gasteiger partial charge in [0.1, 0.15) is 0 Å². The monoisotopic (exact) mass is 302 g/mol. The maximum Gasteiger partial charge on any atom is 0.304 e. The molecule has 20 heavy (non-hydrogen) atoms. The Kier molecular flexibility index (Phi) is 5.17. The third kappa shape index (κ3) is 4.28. The number of nitrogens with zero attached hydrogens (tertiary/aromatic N) is 2. The smallest absolute Gasteiger partial charge is 0.304 e. The molecule has 0 aliphatic rings. The molecule has 1 aromatic carbocycles. The molecule has 9 heteroatoms. The van der Waals surface area contributed by atoms with Crippen LogP contribution in [0.3, 0.4) is 0 Å². The van der Waals surface area contributed by atoms with Crippen molar-refractivity contribution in [1.82, 2.24) is 4.31 Å². The highest BCUT2D eigenvalue weighted by Gasteiger charge is 2.23. The number of hydrogen-bond donors (Lipinski definition) is 1. The Hall–Kier alpha value is -2.00. The number of carbonyl (C=O) groups is 1. The molecule has 0 fully saturated rings. The molecule has 8 nitrogen and oxygen atoms in total. The highest BCUT2D eigenvalue weighted by atomic mass is 32.2. The van der Waals surface area contributed by atoms with Gasteiger partial charge >= 0.3 is 5.97 Å². The number of aliphatic carboxylic acids is 1. The summed E-state index contributed by atoms with van der Waals surface area (Å²) >= 11 is 0. The quantitative estimate of drug-likeness (QED) is 0.588. The first-order valence-corrected chi connectivity index (χ1v) is 7.23. The molecule has 0 radical (unpaired) electrons. The summed E-state index contributed by atoms with van der Waals surface area (Å²) in [6, 6.07) is 5.54. The Morgan fingerprint density at radius 3 is 2.55 bits per heavy atom. The Morgan fingerprint density at radius 2 is 2.00 bits per heavy atom. The first kappa shape index (κ1) is 16.1. The number of nitro benzene ring substituents is 1. The minimum Gasteiger partial charge on any atom is -0.481 e. The van der Waals surface area contributed by atoms with E-state index in [2.05, 4.69) is 0 Å². The lowest BCUT2D eigenvalue weighted by molar-refractivity contribution is -0.385. The molecule has 0 aliphatic carbocycles. The molecule has 0 saturated carbocycles. The number of rotatable bonds is 7. The second kappa shape index (κ2) is 6.44. The van der Waals surface area contributed by atoms with Gasteiger partial charge in [0.25, 0.3) is 5.69 Å². The highest BCUT2D eigenvalue weighted by molar-refractivity contribution is 7.88. The molecule has 1 aromatic rings. The third-order valence-electron chi connectivity index (χ3n) is 2.64. The zero-order valence-electron chi connectivity index (χ0n) is 10.7. The van der Waals surface area contributed by atoms with Gasteiger partial charge in [-0.15, -0.1) is 0 Å². The predicted molar refractivity (Wildman–Crippen MR) is 70.6 cm³/mol. The van der Waals surface area contributed by atoms with Gasteiger partial charge in [0.15, 0.2) is 0 Å². The second-order valence-corrected chi connectivity index (χ2v) is 6.18. The number of nitro groups is 1. The number of carboxylic acids is 1. The summed E-state index contributed by atoms with van der Waals surface area (Å²) in [6.07, 6.45) is -0.327. The van der Waals surface area contributed by atoms with Crippen molar-refractivity contribution in [2.24, 2.45) is 0 Å². The number of hydrogen-bond acceptors (Lipinski definition) is 5. The van der Waals surface area contributed by atoms with E-state index in [9.17, 15) is 23.3 Å². The minimum atomic E-state index is -3.80. The van der Waals surface area contributed by atoms with E-state index in [1.807, 2.05) is 0 Å². The zero-order valence-corrected chi connectivity index (χ0v) is 11.5. The van der Waals surface area contributed by atoms with E-state index in [1.165, 1.54) is 31.3 Å². The van der Waals surface area contributed by atoms with Crippen molar-refractivity contribution in [2.45, 2.75) is 12.2 Å². The van der Waals surface area contributed by atoms with Crippen LogP contribution < -0.4 is 0 Å². The number of sulfonamides is 1. The first-order chi connectivity index (χ1) is 9.24. The van der Waals surface area contributed by atoms with Crippen molar-refractivity contribution in [3.05, 3.63) is 39.9 Å². The van der Waals surface area contributed by atoms with Gasteiger partial charge in [-0.3, -0.25) is 14.9 Å². The van der Waals surface area contributed by atoms with Gasteiger partial charge in [-0.1, -0.05) is 18.2 Å². The maximum atomic E-state index is 12.0. The van der Waals surface area contributed by atoms with Crippen LogP contribution in [0.5, 0.6) is 0 Å². The molecule has 0 aliphatic heterocycles. The van der Waals surface area contributed by atoms with E-state index >= 15 is 0 Å². The van der Waals surface area contributed by atoms with Crippen molar-refractivity contribution in [1.29, 1.82) is 0 Å².